The fourth-order valence-corrected chi connectivity index (χ4v) is 4.18. The third kappa shape index (κ3) is 7.32. The van der Waals surface area contributed by atoms with Crippen LogP contribution in [0, 0.1) is 11.7 Å². The number of hydrogen-bond acceptors (Lipinski definition) is 8. The van der Waals surface area contributed by atoms with Crippen LogP contribution in [0.3, 0.4) is 0 Å². The highest BCUT2D eigenvalue weighted by atomic mass is 32.2. The average molecular weight is 499 g/mol. The molecule has 2 heterocycles. The minimum absolute atomic E-state index is 0.0461. The molecule has 0 saturated carbocycles. The number of fused-ring (bicyclic) bond motifs is 1. The fraction of sp³-hybridized carbons (Fsp3) is 0.360. The summed E-state index contributed by atoms with van der Waals surface area (Å²) >= 11 is 0. The molecule has 1 aromatic heterocycles. The van der Waals surface area contributed by atoms with E-state index >= 15 is 0 Å². The first kappa shape index (κ1) is 26.3. The third-order valence-electron chi connectivity index (χ3n) is 6.01. The summed E-state index contributed by atoms with van der Waals surface area (Å²) in [6, 6.07) is 17.6. The van der Waals surface area contributed by atoms with Crippen LogP contribution in [0.4, 0.5) is 0 Å². The molecule has 1 fully saturated rings. The molecule has 0 radical (unpaired) electrons. The molecule has 2 aromatic carbocycles. The SMILES string of the molecule is Cc1ccc(OCC(=O)N(C)C(CN2CC[C@H](O)C2)c2ccccc2)c2cccnc12.N=S(=O)=O. The molecule has 186 valence electrons. The van der Waals surface area contributed by atoms with Gasteiger partial charge in [0.05, 0.1) is 17.7 Å². The van der Waals surface area contributed by atoms with Gasteiger partial charge in [-0.05, 0) is 42.7 Å². The monoisotopic (exact) mass is 498 g/mol. The van der Waals surface area contributed by atoms with E-state index in [1.165, 1.54) is 0 Å². The smallest absolute Gasteiger partial charge is 0.308 e. The van der Waals surface area contributed by atoms with E-state index in [0.29, 0.717) is 18.8 Å². The van der Waals surface area contributed by atoms with Gasteiger partial charge in [0, 0.05) is 38.3 Å². The molecule has 2 N–H and O–H groups in total. The summed E-state index contributed by atoms with van der Waals surface area (Å²) in [7, 11) is -0.787. The van der Waals surface area contributed by atoms with Crippen LogP contribution in [0.1, 0.15) is 23.6 Å². The minimum Gasteiger partial charge on any atom is -0.483 e. The average Bonchev–Trinajstić information content (AvgIpc) is 3.26. The lowest BCUT2D eigenvalue weighted by Gasteiger charge is -2.32. The van der Waals surface area contributed by atoms with Gasteiger partial charge in [0.15, 0.2) is 6.61 Å². The van der Waals surface area contributed by atoms with Crippen molar-refractivity contribution in [1.29, 1.82) is 4.78 Å². The maximum Gasteiger partial charge on any atom is 0.308 e. The van der Waals surface area contributed by atoms with E-state index in [2.05, 4.69) is 9.88 Å². The summed E-state index contributed by atoms with van der Waals surface area (Å²) in [6.45, 7) is 4.13. The number of nitrogens with zero attached hydrogens (tertiary/aromatic N) is 3. The van der Waals surface area contributed by atoms with Crippen LogP contribution in [0.5, 0.6) is 5.75 Å². The second kappa shape index (κ2) is 12.4. The van der Waals surface area contributed by atoms with Crippen LogP contribution in [-0.4, -0.2) is 73.6 Å². The number of benzene rings is 2. The van der Waals surface area contributed by atoms with E-state index in [1.54, 1.807) is 11.1 Å². The van der Waals surface area contributed by atoms with Crippen molar-refractivity contribution in [3.8, 4) is 5.75 Å². The number of likely N-dealkylation sites (N-methyl/N-ethyl adjacent to an activating group) is 1. The first-order valence-electron chi connectivity index (χ1n) is 11.2. The van der Waals surface area contributed by atoms with E-state index in [9.17, 15) is 9.90 Å². The van der Waals surface area contributed by atoms with Crippen LogP contribution < -0.4 is 4.74 Å². The van der Waals surface area contributed by atoms with Gasteiger partial charge in [-0.15, -0.1) is 0 Å². The van der Waals surface area contributed by atoms with Crippen LogP contribution in [0.25, 0.3) is 10.9 Å². The highest BCUT2D eigenvalue weighted by molar-refractivity contribution is 7.60. The summed E-state index contributed by atoms with van der Waals surface area (Å²) in [5.41, 5.74) is 3.03. The lowest BCUT2D eigenvalue weighted by atomic mass is 10.0. The van der Waals surface area contributed by atoms with Crippen LogP contribution in [0.15, 0.2) is 60.8 Å². The molecule has 0 spiro atoms. The Bertz CT molecular complexity index is 1250. The Kier molecular flexibility index (Phi) is 9.30. The zero-order chi connectivity index (χ0) is 25.4. The van der Waals surface area contributed by atoms with Crippen molar-refractivity contribution < 1.29 is 23.1 Å². The number of β-amino-alcohol motifs (C(OH)–C–C–N with tert-alkyl or cyclic N) is 1. The molecule has 1 saturated heterocycles. The molecule has 0 bridgehead atoms. The second-order valence-electron chi connectivity index (χ2n) is 8.44. The Balaban J connectivity index is 0.000000795. The number of ether oxygens (including phenoxy) is 1. The first-order chi connectivity index (χ1) is 16.8. The zero-order valence-corrected chi connectivity index (χ0v) is 20.6. The van der Waals surface area contributed by atoms with Crippen molar-refractivity contribution in [2.45, 2.75) is 25.5 Å². The number of aliphatic hydroxyl groups excluding tert-OH is 1. The van der Waals surface area contributed by atoms with Gasteiger partial charge in [0.2, 0.25) is 0 Å². The number of hydrogen-bond donors (Lipinski definition) is 2. The van der Waals surface area contributed by atoms with Gasteiger partial charge in [0.1, 0.15) is 5.75 Å². The molecule has 9 nitrogen and oxygen atoms in total. The number of amides is 1. The van der Waals surface area contributed by atoms with Gasteiger partial charge in [-0.1, -0.05) is 36.4 Å². The lowest BCUT2D eigenvalue weighted by Crippen LogP contribution is -2.40. The van der Waals surface area contributed by atoms with Gasteiger partial charge >= 0.3 is 10.5 Å². The Labute approximate surface area is 206 Å². The Morgan fingerprint density at radius 2 is 1.94 bits per heavy atom. The number of aliphatic hydroxyl groups is 1. The van der Waals surface area contributed by atoms with E-state index in [1.807, 2.05) is 68.6 Å². The van der Waals surface area contributed by atoms with E-state index < -0.39 is 10.5 Å². The molecule has 1 unspecified atom stereocenters. The topological polar surface area (TPSA) is 124 Å². The Morgan fingerprint density at radius 3 is 2.60 bits per heavy atom. The van der Waals surface area contributed by atoms with Gasteiger partial charge in [-0.25, -0.2) is 0 Å². The summed E-state index contributed by atoms with van der Waals surface area (Å²) < 4.78 is 28.8. The summed E-state index contributed by atoms with van der Waals surface area (Å²) in [4.78, 5) is 21.5. The number of carbonyl (C=O) groups excluding carboxylic acids is 1. The van der Waals surface area contributed by atoms with Crippen molar-refractivity contribution in [3.63, 3.8) is 0 Å². The molecular weight excluding hydrogens is 468 g/mol. The molecule has 10 heteroatoms. The van der Waals surface area contributed by atoms with Crippen molar-refractivity contribution in [2.24, 2.45) is 0 Å². The number of rotatable bonds is 7. The van der Waals surface area contributed by atoms with Crippen LogP contribution >= 0.6 is 0 Å². The first-order valence-corrected chi connectivity index (χ1v) is 12.3. The summed E-state index contributed by atoms with van der Waals surface area (Å²) in [6.07, 6.45) is 2.25. The molecule has 1 aliphatic heterocycles. The number of pyridine rings is 1. The maximum atomic E-state index is 13.1. The quantitative estimate of drug-likeness (QED) is 0.513. The van der Waals surface area contributed by atoms with E-state index in [0.717, 1.165) is 35.0 Å². The highest BCUT2D eigenvalue weighted by Gasteiger charge is 2.28. The Morgan fingerprint density at radius 1 is 1.23 bits per heavy atom. The van der Waals surface area contributed by atoms with E-state index in [-0.39, 0.29) is 24.7 Å². The van der Waals surface area contributed by atoms with Crippen molar-refractivity contribution in [3.05, 3.63) is 71.9 Å². The maximum absolute atomic E-state index is 13.1. The van der Waals surface area contributed by atoms with Crippen LogP contribution in [-0.2, 0) is 15.3 Å². The third-order valence-corrected chi connectivity index (χ3v) is 6.01. The van der Waals surface area contributed by atoms with Gasteiger partial charge in [-0.2, -0.15) is 13.2 Å². The standard InChI is InChI=1S/C25H29N3O3.HNO2S/c1-18-10-11-23(21-9-6-13-26-25(18)21)31-17-24(30)27(2)22(19-7-4-3-5-8-19)16-28-14-12-20(29)15-28;1-4(2)3/h3-11,13,20,22,29H,12,14-17H2,1-2H3;1H/t20-,22?;/m0./s1. The highest BCUT2D eigenvalue weighted by Crippen LogP contribution is 2.27. The largest absolute Gasteiger partial charge is 0.483 e. The molecule has 0 aliphatic carbocycles. The number of likely N-dealkylation sites (tertiary alicyclic amines) is 1. The van der Waals surface area contributed by atoms with Gasteiger partial charge in [-0.3, -0.25) is 14.7 Å². The summed E-state index contributed by atoms with van der Waals surface area (Å²) in [5, 5.41) is 10.8. The van der Waals surface area contributed by atoms with Gasteiger partial charge in [0.25, 0.3) is 5.91 Å². The summed E-state index contributed by atoms with van der Waals surface area (Å²) in [5.74, 6) is 0.570. The molecule has 1 amide bonds. The lowest BCUT2D eigenvalue weighted by molar-refractivity contribution is -0.134. The number of aromatic nitrogens is 1. The predicted molar refractivity (Wildman–Crippen MR) is 133 cm³/mol. The number of aryl methyl sites for hydroxylation is 1. The van der Waals surface area contributed by atoms with Gasteiger partial charge < -0.3 is 14.7 Å². The molecule has 35 heavy (non-hydrogen) atoms. The minimum atomic E-state index is -2.61. The van der Waals surface area contributed by atoms with Crippen molar-refractivity contribution in [1.82, 2.24) is 14.8 Å². The predicted octanol–water partition coefficient (Wildman–Crippen LogP) is 2.82. The van der Waals surface area contributed by atoms with Crippen LogP contribution in [0.2, 0.25) is 0 Å². The number of carbonyl (C=O) groups is 1. The second-order valence-corrected chi connectivity index (χ2v) is 8.91. The Hall–Kier alpha value is -3.34. The van der Waals surface area contributed by atoms with Crippen molar-refractivity contribution in [2.75, 3.05) is 33.3 Å². The van der Waals surface area contributed by atoms with E-state index in [4.69, 9.17) is 17.9 Å². The molecule has 4 rings (SSSR count). The zero-order valence-electron chi connectivity index (χ0n) is 19.8. The molecule has 1 aliphatic rings. The fourth-order valence-electron chi connectivity index (χ4n) is 4.18. The van der Waals surface area contributed by atoms with Crippen molar-refractivity contribution >= 4 is 27.3 Å². The molecule has 2 atom stereocenters. The molecular formula is C25H30N4O5S. The molecule has 3 aromatic rings. The normalized spacial score (nSPS) is 16.3. The number of nitrogens with one attached hydrogen (secondary N) is 1.